The van der Waals surface area contributed by atoms with Crippen LogP contribution >= 0.6 is 0 Å². The van der Waals surface area contributed by atoms with Crippen molar-refractivity contribution in [2.45, 2.75) is 38.1 Å². The Morgan fingerprint density at radius 1 is 1.08 bits per heavy atom. The molecule has 1 fully saturated rings. The van der Waals surface area contributed by atoms with Gasteiger partial charge in [0.25, 0.3) is 0 Å². The van der Waals surface area contributed by atoms with Crippen LogP contribution in [-0.4, -0.2) is 52.1 Å². The van der Waals surface area contributed by atoms with Crippen LogP contribution in [0.1, 0.15) is 12.8 Å². The highest BCUT2D eigenvalue weighted by Crippen LogP contribution is 2.26. The van der Waals surface area contributed by atoms with Crippen LogP contribution in [0.4, 0.5) is 5.69 Å². The molecule has 3 rings (SSSR count). The SMILES string of the molecule is C[Si](C)(C)C#CC1(O)CCN(c2ccc(-n3cnnn3)cc2)CC1. The van der Waals surface area contributed by atoms with Gasteiger partial charge in [-0.15, -0.1) is 10.6 Å². The Kier molecular flexibility index (Phi) is 4.43. The number of hydrogen-bond acceptors (Lipinski definition) is 5. The summed E-state index contributed by atoms with van der Waals surface area (Å²) < 4.78 is 1.63. The summed E-state index contributed by atoms with van der Waals surface area (Å²) in [6, 6.07) is 8.12. The Hall–Kier alpha value is -2.17. The summed E-state index contributed by atoms with van der Waals surface area (Å²) in [5, 5.41) is 21.8. The van der Waals surface area contributed by atoms with Crippen LogP contribution in [-0.2, 0) is 0 Å². The molecule has 0 saturated carbocycles. The number of aromatic nitrogens is 4. The first-order valence-electron chi connectivity index (χ1n) is 8.20. The lowest BCUT2D eigenvalue weighted by molar-refractivity contribution is 0.0747. The molecule has 0 spiro atoms. The van der Waals surface area contributed by atoms with E-state index >= 15 is 0 Å². The number of nitrogens with zero attached hydrogens (tertiary/aromatic N) is 5. The molecule has 1 aliphatic heterocycles. The topological polar surface area (TPSA) is 67.1 Å². The molecular weight excluding hydrogens is 318 g/mol. The maximum absolute atomic E-state index is 10.7. The van der Waals surface area contributed by atoms with Crippen LogP contribution in [0.2, 0.25) is 19.6 Å². The quantitative estimate of drug-likeness (QED) is 0.667. The molecule has 1 aliphatic rings. The van der Waals surface area contributed by atoms with Crippen molar-refractivity contribution in [1.29, 1.82) is 0 Å². The molecule has 0 unspecified atom stereocenters. The van der Waals surface area contributed by atoms with E-state index < -0.39 is 13.7 Å². The Labute approximate surface area is 143 Å². The fraction of sp³-hybridized carbons (Fsp3) is 0.471. The van der Waals surface area contributed by atoms with Gasteiger partial charge in [-0.05, 0) is 34.7 Å². The molecule has 1 aromatic carbocycles. The van der Waals surface area contributed by atoms with Crippen molar-refractivity contribution in [3.63, 3.8) is 0 Å². The molecule has 126 valence electrons. The highest BCUT2D eigenvalue weighted by atomic mass is 28.3. The van der Waals surface area contributed by atoms with E-state index in [0.29, 0.717) is 12.8 Å². The first kappa shape index (κ1) is 16.7. The summed E-state index contributed by atoms with van der Waals surface area (Å²) in [6.07, 6.45) is 2.94. The van der Waals surface area contributed by atoms with E-state index in [1.165, 1.54) is 0 Å². The molecule has 0 aliphatic carbocycles. The van der Waals surface area contributed by atoms with Crippen molar-refractivity contribution < 1.29 is 5.11 Å². The summed E-state index contributed by atoms with van der Waals surface area (Å²) >= 11 is 0. The summed E-state index contributed by atoms with van der Waals surface area (Å²) in [7, 11) is -1.46. The third-order valence-electron chi connectivity index (χ3n) is 4.09. The molecule has 1 N–H and O–H groups in total. The molecule has 0 atom stereocenters. The number of aliphatic hydroxyl groups is 1. The lowest BCUT2D eigenvalue weighted by Gasteiger charge is -2.36. The minimum Gasteiger partial charge on any atom is -0.377 e. The molecule has 0 radical (unpaired) electrons. The average molecular weight is 341 g/mol. The van der Waals surface area contributed by atoms with Crippen molar-refractivity contribution >= 4 is 13.8 Å². The third-order valence-corrected chi connectivity index (χ3v) is 4.96. The van der Waals surface area contributed by atoms with Gasteiger partial charge in [-0.1, -0.05) is 25.6 Å². The number of tetrazole rings is 1. The number of rotatable bonds is 2. The molecule has 24 heavy (non-hydrogen) atoms. The van der Waals surface area contributed by atoms with Gasteiger partial charge < -0.3 is 10.0 Å². The van der Waals surface area contributed by atoms with E-state index in [4.69, 9.17) is 0 Å². The first-order valence-corrected chi connectivity index (χ1v) is 11.7. The maximum atomic E-state index is 10.7. The summed E-state index contributed by atoms with van der Waals surface area (Å²) in [4.78, 5) is 2.29. The summed E-state index contributed by atoms with van der Waals surface area (Å²) in [5.41, 5.74) is 4.55. The van der Waals surface area contributed by atoms with E-state index in [-0.39, 0.29) is 0 Å². The monoisotopic (exact) mass is 341 g/mol. The van der Waals surface area contributed by atoms with Crippen LogP contribution in [0.3, 0.4) is 0 Å². The molecule has 2 heterocycles. The highest BCUT2D eigenvalue weighted by Gasteiger charge is 2.31. The Bertz CT molecular complexity index is 732. The predicted octanol–water partition coefficient (Wildman–Crippen LogP) is 1.87. The minimum atomic E-state index is -1.46. The Balaban J connectivity index is 1.65. The number of piperidine rings is 1. The minimum absolute atomic E-state index is 0.680. The van der Waals surface area contributed by atoms with Gasteiger partial charge in [0.1, 0.15) is 20.0 Å². The van der Waals surface area contributed by atoms with Gasteiger partial charge >= 0.3 is 0 Å². The Morgan fingerprint density at radius 3 is 2.25 bits per heavy atom. The molecule has 6 nitrogen and oxygen atoms in total. The smallest absolute Gasteiger partial charge is 0.143 e. The number of hydrogen-bond donors (Lipinski definition) is 1. The van der Waals surface area contributed by atoms with E-state index in [2.05, 4.69) is 63.7 Å². The first-order chi connectivity index (χ1) is 11.3. The van der Waals surface area contributed by atoms with Gasteiger partial charge in [0.15, 0.2) is 0 Å². The zero-order valence-corrected chi connectivity index (χ0v) is 15.4. The van der Waals surface area contributed by atoms with Gasteiger partial charge in [0.2, 0.25) is 0 Å². The van der Waals surface area contributed by atoms with E-state index in [1.54, 1.807) is 11.0 Å². The fourth-order valence-corrected chi connectivity index (χ4v) is 3.27. The second-order valence-electron chi connectivity index (χ2n) is 7.29. The molecule has 1 saturated heterocycles. The van der Waals surface area contributed by atoms with Gasteiger partial charge in [0, 0.05) is 31.6 Å². The highest BCUT2D eigenvalue weighted by molar-refractivity contribution is 6.83. The maximum Gasteiger partial charge on any atom is 0.143 e. The van der Waals surface area contributed by atoms with Crippen LogP contribution in [0.25, 0.3) is 5.69 Å². The zero-order chi connectivity index (χ0) is 17.2. The Morgan fingerprint density at radius 2 is 1.71 bits per heavy atom. The largest absolute Gasteiger partial charge is 0.377 e. The van der Waals surface area contributed by atoms with Crippen LogP contribution in [0.15, 0.2) is 30.6 Å². The second kappa shape index (κ2) is 6.38. The molecule has 2 aromatic rings. The number of anilines is 1. The summed E-state index contributed by atoms with van der Waals surface area (Å²) in [5.74, 6) is 3.15. The lowest BCUT2D eigenvalue weighted by atomic mass is 9.92. The van der Waals surface area contributed by atoms with Crippen molar-refractivity contribution in [3.8, 4) is 17.2 Å². The molecule has 0 bridgehead atoms. The standard InChI is InChI=1S/C17H23N5OSi/c1-24(2,3)13-10-17(23)8-11-21(12-9-17)15-4-6-16(7-5-15)22-14-18-19-20-22/h4-7,14,23H,8-9,11-12H2,1-3H3. The zero-order valence-electron chi connectivity index (χ0n) is 14.4. The molecule has 1 aromatic heterocycles. The van der Waals surface area contributed by atoms with Gasteiger partial charge in [-0.25, -0.2) is 4.68 Å². The normalized spacial score (nSPS) is 17.2. The van der Waals surface area contributed by atoms with Crippen LogP contribution in [0.5, 0.6) is 0 Å². The van der Waals surface area contributed by atoms with Gasteiger partial charge in [-0.3, -0.25) is 0 Å². The van der Waals surface area contributed by atoms with Crippen LogP contribution < -0.4 is 4.90 Å². The molecule has 7 heteroatoms. The van der Waals surface area contributed by atoms with E-state index in [9.17, 15) is 5.11 Å². The van der Waals surface area contributed by atoms with Gasteiger partial charge in [-0.2, -0.15) is 0 Å². The van der Waals surface area contributed by atoms with E-state index in [1.807, 2.05) is 12.1 Å². The third kappa shape index (κ3) is 4.02. The summed E-state index contributed by atoms with van der Waals surface area (Å²) in [6.45, 7) is 8.21. The van der Waals surface area contributed by atoms with Crippen molar-refractivity contribution in [2.24, 2.45) is 0 Å². The predicted molar refractivity (Wildman–Crippen MR) is 96.7 cm³/mol. The van der Waals surface area contributed by atoms with Crippen molar-refractivity contribution in [1.82, 2.24) is 20.2 Å². The molecule has 0 amide bonds. The number of benzene rings is 1. The van der Waals surface area contributed by atoms with Crippen molar-refractivity contribution in [2.75, 3.05) is 18.0 Å². The second-order valence-corrected chi connectivity index (χ2v) is 12.0. The lowest BCUT2D eigenvalue weighted by Crippen LogP contribution is -2.44. The molecular formula is C17H23N5OSi. The van der Waals surface area contributed by atoms with E-state index in [0.717, 1.165) is 24.5 Å². The fourth-order valence-electron chi connectivity index (χ4n) is 2.66. The average Bonchev–Trinajstić information content (AvgIpc) is 3.08. The van der Waals surface area contributed by atoms with Crippen molar-refractivity contribution in [3.05, 3.63) is 30.6 Å². The van der Waals surface area contributed by atoms with Gasteiger partial charge in [0.05, 0.1) is 5.69 Å². The van der Waals surface area contributed by atoms with Crippen LogP contribution in [0, 0.1) is 11.5 Å².